The van der Waals surface area contributed by atoms with Gasteiger partial charge in [-0.15, -0.1) is 0 Å². The number of hydrogen-bond acceptors (Lipinski definition) is 4. The fraction of sp³-hybridized carbons (Fsp3) is 0.143. The van der Waals surface area contributed by atoms with E-state index in [9.17, 15) is 0 Å². The molecular formula is C14H12N2O2. The van der Waals surface area contributed by atoms with Crippen LogP contribution in [0.5, 0.6) is 0 Å². The molecule has 0 aliphatic heterocycles. The summed E-state index contributed by atoms with van der Waals surface area (Å²) in [4.78, 5) is 8.37. The molecule has 0 aliphatic rings. The molecule has 1 aromatic carbocycles. The standard InChI is InChI=1S/C14H12N2O2/c1-9-7-15-13(17-9)11-3-5-12(6-4-11)14-16-8-10(2)18-14/h3-8H,1-2H3. The lowest BCUT2D eigenvalue weighted by Gasteiger charge is -1.98. The molecule has 4 nitrogen and oxygen atoms in total. The average Bonchev–Trinajstić information content (AvgIpc) is 2.98. The van der Waals surface area contributed by atoms with Crippen LogP contribution in [0.3, 0.4) is 0 Å². The molecule has 0 fully saturated rings. The van der Waals surface area contributed by atoms with Crippen LogP contribution < -0.4 is 0 Å². The maximum absolute atomic E-state index is 5.47. The Morgan fingerprint density at radius 2 is 1.11 bits per heavy atom. The Balaban J connectivity index is 1.94. The molecule has 3 aromatic rings. The van der Waals surface area contributed by atoms with Gasteiger partial charge in [0.25, 0.3) is 0 Å². The third-order valence-corrected chi connectivity index (χ3v) is 2.62. The first-order chi connectivity index (χ1) is 8.72. The Hall–Kier alpha value is -2.36. The minimum absolute atomic E-state index is 0.627. The molecule has 0 amide bonds. The topological polar surface area (TPSA) is 52.1 Å². The van der Waals surface area contributed by atoms with E-state index in [1.165, 1.54) is 0 Å². The summed E-state index contributed by atoms with van der Waals surface area (Å²) in [6.45, 7) is 3.75. The summed E-state index contributed by atoms with van der Waals surface area (Å²) in [5, 5.41) is 0. The van der Waals surface area contributed by atoms with Crippen LogP contribution >= 0.6 is 0 Å². The molecule has 90 valence electrons. The lowest BCUT2D eigenvalue weighted by molar-refractivity contribution is 0.541. The Morgan fingerprint density at radius 3 is 1.39 bits per heavy atom. The van der Waals surface area contributed by atoms with Crippen molar-refractivity contribution in [3.8, 4) is 22.9 Å². The van der Waals surface area contributed by atoms with Crippen molar-refractivity contribution in [3.63, 3.8) is 0 Å². The van der Waals surface area contributed by atoms with E-state index >= 15 is 0 Å². The molecule has 0 atom stereocenters. The minimum atomic E-state index is 0.627. The van der Waals surface area contributed by atoms with Crippen molar-refractivity contribution in [2.45, 2.75) is 13.8 Å². The van der Waals surface area contributed by atoms with E-state index in [1.807, 2.05) is 38.1 Å². The zero-order chi connectivity index (χ0) is 12.5. The zero-order valence-corrected chi connectivity index (χ0v) is 10.2. The number of nitrogens with zero attached hydrogens (tertiary/aromatic N) is 2. The van der Waals surface area contributed by atoms with Crippen molar-refractivity contribution in [2.24, 2.45) is 0 Å². The van der Waals surface area contributed by atoms with Crippen LogP contribution in [0.4, 0.5) is 0 Å². The largest absolute Gasteiger partial charge is 0.441 e. The van der Waals surface area contributed by atoms with Crippen LogP contribution in [-0.4, -0.2) is 9.97 Å². The number of aryl methyl sites for hydroxylation is 2. The van der Waals surface area contributed by atoms with Gasteiger partial charge in [0.15, 0.2) is 0 Å². The normalized spacial score (nSPS) is 10.8. The van der Waals surface area contributed by atoms with Gasteiger partial charge in [0.2, 0.25) is 11.8 Å². The van der Waals surface area contributed by atoms with E-state index in [-0.39, 0.29) is 0 Å². The highest BCUT2D eigenvalue weighted by Gasteiger charge is 2.07. The highest BCUT2D eigenvalue weighted by molar-refractivity contribution is 5.61. The van der Waals surface area contributed by atoms with E-state index < -0.39 is 0 Å². The second kappa shape index (κ2) is 4.14. The maximum Gasteiger partial charge on any atom is 0.226 e. The van der Waals surface area contributed by atoms with Crippen molar-refractivity contribution in [1.29, 1.82) is 0 Å². The third-order valence-electron chi connectivity index (χ3n) is 2.62. The predicted molar refractivity (Wildman–Crippen MR) is 66.9 cm³/mol. The van der Waals surface area contributed by atoms with Gasteiger partial charge in [0.05, 0.1) is 12.4 Å². The summed E-state index contributed by atoms with van der Waals surface area (Å²) in [7, 11) is 0. The average molecular weight is 240 g/mol. The van der Waals surface area contributed by atoms with Crippen molar-refractivity contribution >= 4 is 0 Å². The first kappa shape index (κ1) is 10.8. The first-order valence-electron chi connectivity index (χ1n) is 5.68. The van der Waals surface area contributed by atoms with Gasteiger partial charge >= 0.3 is 0 Å². The first-order valence-corrected chi connectivity index (χ1v) is 5.68. The lowest BCUT2D eigenvalue weighted by atomic mass is 10.1. The maximum atomic E-state index is 5.47. The van der Waals surface area contributed by atoms with E-state index in [2.05, 4.69) is 9.97 Å². The predicted octanol–water partition coefficient (Wildman–Crippen LogP) is 3.61. The molecule has 4 heteroatoms. The van der Waals surface area contributed by atoms with Gasteiger partial charge in [-0.05, 0) is 38.1 Å². The van der Waals surface area contributed by atoms with Crippen LogP contribution in [-0.2, 0) is 0 Å². The van der Waals surface area contributed by atoms with Gasteiger partial charge in [-0.25, -0.2) is 9.97 Å². The van der Waals surface area contributed by atoms with Crippen LogP contribution in [0.2, 0.25) is 0 Å². The molecule has 18 heavy (non-hydrogen) atoms. The van der Waals surface area contributed by atoms with E-state index in [1.54, 1.807) is 12.4 Å². The van der Waals surface area contributed by atoms with Gasteiger partial charge in [-0.2, -0.15) is 0 Å². The number of aromatic nitrogens is 2. The smallest absolute Gasteiger partial charge is 0.226 e. The summed E-state index contributed by atoms with van der Waals surface area (Å²) in [5.41, 5.74) is 1.88. The van der Waals surface area contributed by atoms with Gasteiger partial charge in [-0.3, -0.25) is 0 Å². The summed E-state index contributed by atoms with van der Waals surface area (Å²) in [5.74, 6) is 2.86. The number of oxazole rings is 2. The highest BCUT2D eigenvalue weighted by atomic mass is 16.4. The second-order valence-electron chi connectivity index (χ2n) is 4.13. The molecule has 0 saturated carbocycles. The molecule has 0 radical (unpaired) electrons. The monoisotopic (exact) mass is 240 g/mol. The van der Waals surface area contributed by atoms with Crippen LogP contribution in [0, 0.1) is 13.8 Å². The number of hydrogen-bond donors (Lipinski definition) is 0. The molecule has 0 unspecified atom stereocenters. The van der Waals surface area contributed by atoms with Crippen molar-refractivity contribution in [3.05, 3.63) is 48.2 Å². The molecule has 0 bridgehead atoms. The van der Waals surface area contributed by atoms with Crippen LogP contribution in [0.1, 0.15) is 11.5 Å². The summed E-state index contributed by atoms with van der Waals surface area (Å²) in [6.07, 6.45) is 3.42. The Morgan fingerprint density at radius 1 is 0.722 bits per heavy atom. The van der Waals surface area contributed by atoms with Crippen molar-refractivity contribution < 1.29 is 8.83 Å². The molecule has 2 heterocycles. The molecule has 0 spiro atoms. The van der Waals surface area contributed by atoms with E-state index in [4.69, 9.17) is 8.83 Å². The van der Waals surface area contributed by atoms with Gasteiger partial charge in [0.1, 0.15) is 11.5 Å². The van der Waals surface area contributed by atoms with Crippen LogP contribution in [0.25, 0.3) is 22.9 Å². The molecule has 0 aliphatic carbocycles. The lowest BCUT2D eigenvalue weighted by Crippen LogP contribution is -1.79. The fourth-order valence-electron chi connectivity index (χ4n) is 1.73. The fourth-order valence-corrected chi connectivity index (χ4v) is 1.73. The molecule has 0 N–H and O–H groups in total. The van der Waals surface area contributed by atoms with Gasteiger partial charge < -0.3 is 8.83 Å². The molecule has 2 aromatic heterocycles. The molecular weight excluding hydrogens is 228 g/mol. The van der Waals surface area contributed by atoms with Crippen LogP contribution in [0.15, 0.2) is 45.5 Å². The molecule has 3 rings (SSSR count). The Kier molecular flexibility index (Phi) is 2.48. The summed E-state index contributed by atoms with van der Waals surface area (Å²) >= 11 is 0. The molecule has 0 saturated heterocycles. The van der Waals surface area contributed by atoms with E-state index in [0.717, 1.165) is 22.6 Å². The Labute approximate surface area is 104 Å². The zero-order valence-electron chi connectivity index (χ0n) is 10.2. The summed E-state index contributed by atoms with van der Waals surface area (Å²) in [6, 6.07) is 7.78. The third kappa shape index (κ3) is 1.93. The highest BCUT2D eigenvalue weighted by Crippen LogP contribution is 2.24. The van der Waals surface area contributed by atoms with Crippen molar-refractivity contribution in [2.75, 3.05) is 0 Å². The SMILES string of the molecule is Cc1cnc(-c2ccc(-c3ncc(C)o3)cc2)o1. The number of benzene rings is 1. The minimum Gasteiger partial charge on any atom is -0.441 e. The van der Waals surface area contributed by atoms with Gasteiger partial charge in [0, 0.05) is 11.1 Å². The number of rotatable bonds is 2. The quantitative estimate of drug-likeness (QED) is 0.686. The second-order valence-corrected chi connectivity index (χ2v) is 4.13. The van der Waals surface area contributed by atoms with E-state index in [0.29, 0.717) is 11.8 Å². The van der Waals surface area contributed by atoms with Crippen molar-refractivity contribution in [1.82, 2.24) is 9.97 Å². The van der Waals surface area contributed by atoms with Gasteiger partial charge in [-0.1, -0.05) is 0 Å². The Bertz CT molecular complexity index is 606. The summed E-state index contributed by atoms with van der Waals surface area (Å²) < 4.78 is 10.9.